The van der Waals surface area contributed by atoms with Gasteiger partial charge < -0.3 is 20.8 Å². The molecule has 1 fully saturated rings. The fourth-order valence-electron chi connectivity index (χ4n) is 4.43. The van der Waals surface area contributed by atoms with Gasteiger partial charge in [-0.05, 0) is 71.7 Å². The number of urea groups is 1. The summed E-state index contributed by atoms with van der Waals surface area (Å²) in [7, 11) is 0. The van der Waals surface area contributed by atoms with Crippen molar-refractivity contribution < 1.29 is 15.0 Å². The summed E-state index contributed by atoms with van der Waals surface area (Å²) in [6.07, 6.45) is 2.44. The summed E-state index contributed by atoms with van der Waals surface area (Å²) in [4.78, 5) is 12.2. The second kappa shape index (κ2) is 10.2. The molecule has 1 unspecified atom stereocenters. The first kappa shape index (κ1) is 22.3. The van der Waals surface area contributed by atoms with Crippen LogP contribution >= 0.6 is 11.6 Å². The number of halogens is 1. The Kier molecular flexibility index (Phi) is 7.10. The average Bonchev–Trinajstić information content (AvgIpc) is 3.28. The van der Waals surface area contributed by atoms with Crippen molar-refractivity contribution in [2.75, 3.05) is 17.2 Å². The molecule has 3 aromatic carbocycles. The van der Waals surface area contributed by atoms with E-state index in [4.69, 9.17) is 11.6 Å². The number of carbonyl (C=O) groups excluding carboxylic acids is 1. The SMILES string of the molecule is O=C(Nc1ccc(-c2ccc(C(O)[C@@H]3CCC[C@H]3CO)cc2)cc1)Nc1cccc(Cl)c1. The summed E-state index contributed by atoms with van der Waals surface area (Å²) in [5, 5.41) is 26.4. The van der Waals surface area contributed by atoms with E-state index in [1.165, 1.54) is 0 Å². The summed E-state index contributed by atoms with van der Waals surface area (Å²) < 4.78 is 0. The van der Waals surface area contributed by atoms with Gasteiger partial charge in [-0.2, -0.15) is 0 Å². The molecule has 0 aromatic heterocycles. The average molecular weight is 451 g/mol. The van der Waals surface area contributed by atoms with Gasteiger partial charge in [-0.3, -0.25) is 0 Å². The molecule has 3 atom stereocenters. The number of rotatable bonds is 6. The standard InChI is InChI=1S/C26H27ClN2O3/c27-21-4-2-5-23(15-21)29-26(32)28-22-13-11-18(12-14-22)17-7-9-19(10-8-17)25(31)24-6-1-3-20(24)16-30/h2,4-5,7-15,20,24-25,30-31H,1,3,6,16H2,(H2,28,29,32)/t20-,24+,25?/m0/s1. The molecular formula is C26H27ClN2O3. The van der Waals surface area contributed by atoms with Gasteiger partial charge >= 0.3 is 6.03 Å². The lowest BCUT2D eigenvalue weighted by atomic mass is 9.87. The van der Waals surface area contributed by atoms with Crippen molar-refractivity contribution in [3.05, 3.63) is 83.4 Å². The molecule has 1 aliphatic rings. The molecule has 0 heterocycles. The summed E-state index contributed by atoms with van der Waals surface area (Å²) in [5.74, 6) is 0.301. The van der Waals surface area contributed by atoms with Crippen LogP contribution in [0.5, 0.6) is 0 Å². The van der Waals surface area contributed by atoms with E-state index in [0.29, 0.717) is 16.4 Å². The van der Waals surface area contributed by atoms with Crippen molar-refractivity contribution in [1.29, 1.82) is 0 Å². The fraction of sp³-hybridized carbons (Fsp3) is 0.269. The normalized spacial score (nSPS) is 18.8. The van der Waals surface area contributed by atoms with Crippen LogP contribution in [0.1, 0.15) is 30.9 Å². The third kappa shape index (κ3) is 5.30. The van der Waals surface area contributed by atoms with Crippen molar-refractivity contribution >= 4 is 29.0 Å². The van der Waals surface area contributed by atoms with Gasteiger partial charge in [0.05, 0.1) is 6.10 Å². The zero-order chi connectivity index (χ0) is 22.5. The van der Waals surface area contributed by atoms with Gasteiger partial charge in [-0.1, -0.05) is 60.5 Å². The lowest BCUT2D eigenvalue weighted by molar-refractivity contribution is 0.0636. The largest absolute Gasteiger partial charge is 0.396 e. The molecule has 0 aliphatic heterocycles. The number of carbonyl (C=O) groups is 1. The van der Waals surface area contributed by atoms with Gasteiger partial charge in [-0.15, -0.1) is 0 Å². The number of aliphatic hydroxyl groups excluding tert-OH is 2. The van der Waals surface area contributed by atoms with Crippen molar-refractivity contribution in [2.24, 2.45) is 11.8 Å². The minimum absolute atomic E-state index is 0.120. The van der Waals surface area contributed by atoms with Crippen LogP contribution in [-0.2, 0) is 0 Å². The maximum absolute atomic E-state index is 12.2. The van der Waals surface area contributed by atoms with E-state index in [-0.39, 0.29) is 24.5 Å². The second-order valence-electron chi connectivity index (χ2n) is 8.27. The lowest BCUT2D eigenvalue weighted by Gasteiger charge is -2.24. The first-order chi connectivity index (χ1) is 15.5. The predicted molar refractivity (Wildman–Crippen MR) is 129 cm³/mol. The van der Waals surface area contributed by atoms with E-state index in [1.54, 1.807) is 24.3 Å². The van der Waals surface area contributed by atoms with Gasteiger partial charge in [0.25, 0.3) is 0 Å². The first-order valence-electron chi connectivity index (χ1n) is 10.9. The molecule has 6 heteroatoms. The van der Waals surface area contributed by atoms with Crippen LogP contribution in [0, 0.1) is 11.8 Å². The van der Waals surface area contributed by atoms with Crippen LogP contribution < -0.4 is 10.6 Å². The quantitative estimate of drug-likeness (QED) is 0.366. The molecular weight excluding hydrogens is 424 g/mol. The molecule has 2 amide bonds. The molecule has 0 bridgehead atoms. The third-order valence-electron chi connectivity index (χ3n) is 6.17. The molecule has 0 spiro atoms. The number of hydrogen-bond donors (Lipinski definition) is 4. The molecule has 1 aliphatic carbocycles. The first-order valence-corrected chi connectivity index (χ1v) is 11.2. The van der Waals surface area contributed by atoms with Gasteiger partial charge in [0.1, 0.15) is 0 Å². The Labute approximate surface area is 193 Å². The van der Waals surface area contributed by atoms with E-state index in [1.807, 2.05) is 48.5 Å². The van der Waals surface area contributed by atoms with Crippen molar-refractivity contribution in [3.8, 4) is 11.1 Å². The number of nitrogens with one attached hydrogen (secondary N) is 2. The van der Waals surface area contributed by atoms with Gasteiger partial charge in [-0.25, -0.2) is 4.79 Å². The third-order valence-corrected chi connectivity index (χ3v) is 6.40. The maximum Gasteiger partial charge on any atom is 0.323 e. The molecule has 32 heavy (non-hydrogen) atoms. The van der Waals surface area contributed by atoms with Crippen LogP contribution in [0.15, 0.2) is 72.8 Å². The zero-order valence-corrected chi connectivity index (χ0v) is 18.4. The summed E-state index contributed by atoms with van der Waals surface area (Å²) in [6, 6.07) is 22.1. The molecule has 0 saturated heterocycles. The number of benzene rings is 3. The van der Waals surface area contributed by atoms with Gasteiger partial charge in [0, 0.05) is 23.0 Å². The zero-order valence-electron chi connectivity index (χ0n) is 17.7. The van der Waals surface area contributed by atoms with E-state index in [9.17, 15) is 15.0 Å². The monoisotopic (exact) mass is 450 g/mol. The van der Waals surface area contributed by atoms with Crippen LogP contribution in [0.4, 0.5) is 16.2 Å². The summed E-state index contributed by atoms with van der Waals surface area (Å²) in [5.41, 5.74) is 4.23. The molecule has 5 nitrogen and oxygen atoms in total. The Morgan fingerprint density at radius 2 is 1.59 bits per heavy atom. The summed E-state index contributed by atoms with van der Waals surface area (Å²) in [6.45, 7) is 0.136. The Morgan fingerprint density at radius 1 is 0.938 bits per heavy atom. The maximum atomic E-state index is 12.2. The minimum atomic E-state index is -0.548. The highest BCUT2D eigenvalue weighted by molar-refractivity contribution is 6.30. The van der Waals surface area contributed by atoms with Crippen LogP contribution in [-0.4, -0.2) is 22.9 Å². The highest BCUT2D eigenvalue weighted by Gasteiger charge is 2.32. The number of amides is 2. The number of hydrogen-bond acceptors (Lipinski definition) is 3. The minimum Gasteiger partial charge on any atom is -0.396 e. The smallest absolute Gasteiger partial charge is 0.323 e. The molecule has 1 saturated carbocycles. The lowest BCUT2D eigenvalue weighted by Crippen LogP contribution is -2.19. The number of anilines is 2. The fourth-order valence-corrected chi connectivity index (χ4v) is 4.62. The van der Waals surface area contributed by atoms with Crippen LogP contribution in [0.2, 0.25) is 5.02 Å². The van der Waals surface area contributed by atoms with Crippen molar-refractivity contribution in [3.63, 3.8) is 0 Å². The molecule has 0 radical (unpaired) electrons. The van der Waals surface area contributed by atoms with E-state index in [0.717, 1.165) is 36.0 Å². The Balaban J connectivity index is 1.38. The van der Waals surface area contributed by atoms with Gasteiger partial charge in [0.2, 0.25) is 0 Å². The van der Waals surface area contributed by atoms with E-state index >= 15 is 0 Å². The highest BCUT2D eigenvalue weighted by Crippen LogP contribution is 2.40. The molecule has 4 N–H and O–H groups in total. The molecule has 3 aromatic rings. The Morgan fingerprint density at radius 3 is 2.25 bits per heavy atom. The predicted octanol–water partition coefficient (Wildman–Crippen LogP) is 6.09. The van der Waals surface area contributed by atoms with E-state index in [2.05, 4.69) is 10.6 Å². The summed E-state index contributed by atoms with van der Waals surface area (Å²) >= 11 is 5.94. The van der Waals surface area contributed by atoms with Crippen molar-refractivity contribution in [2.45, 2.75) is 25.4 Å². The highest BCUT2D eigenvalue weighted by atomic mass is 35.5. The molecule has 4 rings (SSSR count). The Bertz CT molecular complexity index is 1050. The van der Waals surface area contributed by atoms with Crippen molar-refractivity contribution in [1.82, 2.24) is 0 Å². The number of aliphatic hydroxyl groups is 2. The van der Waals surface area contributed by atoms with E-state index < -0.39 is 6.10 Å². The molecule has 166 valence electrons. The van der Waals surface area contributed by atoms with Crippen LogP contribution in [0.25, 0.3) is 11.1 Å². The van der Waals surface area contributed by atoms with Crippen LogP contribution in [0.3, 0.4) is 0 Å². The Hall–Kier alpha value is -2.86. The van der Waals surface area contributed by atoms with Gasteiger partial charge in [0.15, 0.2) is 0 Å². The topological polar surface area (TPSA) is 81.6 Å². The second-order valence-corrected chi connectivity index (χ2v) is 8.71.